The molecule has 1 saturated carbocycles. The van der Waals surface area contributed by atoms with Crippen molar-refractivity contribution in [2.45, 2.75) is 44.3 Å². The van der Waals surface area contributed by atoms with Gasteiger partial charge in [-0.2, -0.15) is 0 Å². The van der Waals surface area contributed by atoms with Gasteiger partial charge in [0.2, 0.25) is 11.8 Å². The van der Waals surface area contributed by atoms with E-state index < -0.39 is 5.66 Å². The van der Waals surface area contributed by atoms with Gasteiger partial charge in [-0.1, -0.05) is 0 Å². The summed E-state index contributed by atoms with van der Waals surface area (Å²) in [6, 6.07) is -0.376. The van der Waals surface area contributed by atoms with Gasteiger partial charge >= 0.3 is 0 Å². The summed E-state index contributed by atoms with van der Waals surface area (Å²) >= 11 is 0. The highest BCUT2D eigenvalue weighted by Crippen LogP contribution is 2.37. The first-order valence-corrected chi connectivity index (χ1v) is 5.45. The van der Waals surface area contributed by atoms with E-state index in [-0.39, 0.29) is 24.4 Å². The Kier molecular flexibility index (Phi) is 2.42. The first-order chi connectivity index (χ1) is 7.10. The van der Waals surface area contributed by atoms with E-state index in [4.69, 9.17) is 5.73 Å². The van der Waals surface area contributed by atoms with Crippen LogP contribution in [0.1, 0.15) is 32.6 Å². The van der Waals surface area contributed by atoms with Crippen LogP contribution in [0.15, 0.2) is 0 Å². The van der Waals surface area contributed by atoms with Crippen molar-refractivity contribution >= 4 is 11.8 Å². The van der Waals surface area contributed by atoms with Crippen molar-refractivity contribution in [1.82, 2.24) is 10.2 Å². The van der Waals surface area contributed by atoms with Crippen LogP contribution in [0.5, 0.6) is 0 Å². The molecular formula is C10H17N3O2. The summed E-state index contributed by atoms with van der Waals surface area (Å²) in [5.74, 6) is -0.193. The van der Waals surface area contributed by atoms with E-state index >= 15 is 0 Å². The Balaban J connectivity index is 2.30. The van der Waals surface area contributed by atoms with Gasteiger partial charge in [-0.05, 0) is 32.6 Å². The summed E-state index contributed by atoms with van der Waals surface area (Å²) < 4.78 is 0. The maximum absolute atomic E-state index is 11.7. The minimum Gasteiger partial charge on any atom is -0.331 e. The minimum absolute atomic E-state index is 0.0267. The second-order valence-corrected chi connectivity index (χ2v) is 4.37. The number of amides is 2. The van der Waals surface area contributed by atoms with Gasteiger partial charge < -0.3 is 16.0 Å². The molecule has 1 aliphatic heterocycles. The normalized spacial score (nSPS) is 28.5. The lowest BCUT2D eigenvalue weighted by atomic mass is 10.1. The van der Waals surface area contributed by atoms with Crippen molar-refractivity contribution in [3.63, 3.8) is 0 Å². The molecular weight excluding hydrogens is 194 g/mol. The van der Waals surface area contributed by atoms with Gasteiger partial charge in [-0.15, -0.1) is 0 Å². The average molecular weight is 211 g/mol. The Hall–Kier alpha value is -1.10. The largest absolute Gasteiger partial charge is 0.331 e. The van der Waals surface area contributed by atoms with Crippen molar-refractivity contribution in [1.29, 1.82) is 0 Å². The summed E-state index contributed by atoms with van der Waals surface area (Å²) in [6.45, 7) is 1.73. The first kappa shape index (κ1) is 10.4. The molecule has 84 valence electrons. The number of nitrogens with zero attached hydrogens (tertiary/aromatic N) is 1. The zero-order chi connectivity index (χ0) is 11.1. The Morgan fingerprint density at radius 2 is 2.20 bits per heavy atom. The third-order valence-electron chi connectivity index (χ3n) is 3.46. The monoisotopic (exact) mass is 211 g/mol. The molecule has 2 aliphatic rings. The average Bonchev–Trinajstić information content (AvgIpc) is 2.75. The van der Waals surface area contributed by atoms with Crippen LogP contribution in [-0.2, 0) is 9.59 Å². The quantitative estimate of drug-likeness (QED) is 0.617. The molecule has 0 aromatic heterocycles. The highest BCUT2D eigenvalue weighted by molar-refractivity contribution is 5.92. The molecule has 5 heteroatoms. The van der Waals surface area contributed by atoms with Crippen molar-refractivity contribution < 1.29 is 9.59 Å². The maximum atomic E-state index is 11.7. The van der Waals surface area contributed by atoms with Crippen LogP contribution in [0, 0.1) is 0 Å². The summed E-state index contributed by atoms with van der Waals surface area (Å²) in [5, 5.41) is 2.95. The number of hydrogen-bond donors (Lipinski definition) is 2. The molecule has 2 fully saturated rings. The highest BCUT2D eigenvalue weighted by atomic mass is 16.2. The highest BCUT2D eigenvalue weighted by Gasteiger charge is 2.52. The van der Waals surface area contributed by atoms with Crippen molar-refractivity contribution in [3.05, 3.63) is 0 Å². The van der Waals surface area contributed by atoms with Crippen LogP contribution in [0.2, 0.25) is 0 Å². The molecule has 1 heterocycles. The van der Waals surface area contributed by atoms with Gasteiger partial charge in [0.1, 0.15) is 11.7 Å². The van der Waals surface area contributed by atoms with Gasteiger partial charge in [0.25, 0.3) is 0 Å². The topological polar surface area (TPSA) is 75.4 Å². The Bertz CT molecular complexity index is 297. The molecule has 2 rings (SSSR count). The molecule has 0 aromatic rings. The van der Waals surface area contributed by atoms with Gasteiger partial charge in [-0.3, -0.25) is 9.59 Å². The van der Waals surface area contributed by atoms with Crippen LogP contribution >= 0.6 is 0 Å². The second-order valence-electron chi connectivity index (χ2n) is 4.37. The smallest absolute Gasteiger partial charge is 0.244 e. The third-order valence-corrected chi connectivity index (χ3v) is 3.46. The van der Waals surface area contributed by atoms with Gasteiger partial charge in [-0.25, -0.2) is 0 Å². The number of carbonyl (C=O) groups excluding carboxylic acids is 2. The van der Waals surface area contributed by atoms with Crippen LogP contribution in [0.4, 0.5) is 0 Å². The molecule has 2 amide bonds. The molecule has 1 spiro atoms. The molecule has 1 atom stereocenters. The fourth-order valence-electron chi connectivity index (χ4n) is 2.76. The zero-order valence-corrected chi connectivity index (χ0v) is 8.95. The lowest BCUT2D eigenvalue weighted by Gasteiger charge is -2.35. The zero-order valence-electron chi connectivity index (χ0n) is 8.95. The summed E-state index contributed by atoms with van der Waals surface area (Å²) in [7, 11) is 0. The van der Waals surface area contributed by atoms with Gasteiger partial charge in [0.15, 0.2) is 0 Å². The number of nitrogens with two attached hydrogens (primary N) is 1. The first-order valence-electron chi connectivity index (χ1n) is 5.45. The Labute approximate surface area is 89.0 Å². The number of nitrogens with one attached hydrogen (secondary N) is 1. The fourth-order valence-corrected chi connectivity index (χ4v) is 2.76. The standard InChI is InChI=1S/C10H17N3O2/c1-7-9(15)12-10(4-2-3-5-10)13(7)8(14)6-11/h7H,2-6,11H2,1H3,(H,12,15). The molecule has 1 unspecified atom stereocenters. The van der Waals surface area contributed by atoms with Gasteiger partial charge in [0.05, 0.1) is 6.54 Å². The molecule has 1 saturated heterocycles. The van der Waals surface area contributed by atoms with E-state index in [2.05, 4.69) is 5.32 Å². The molecule has 0 bridgehead atoms. The molecule has 1 aliphatic carbocycles. The van der Waals surface area contributed by atoms with Crippen LogP contribution in [0.3, 0.4) is 0 Å². The molecule has 5 nitrogen and oxygen atoms in total. The molecule has 3 N–H and O–H groups in total. The third kappa shape index (κ3) is 1.42. The van der Waals surface area contributed by atoms with Crippen LogP contribution in [0.25, 0.3) is 0 Å². The van der Waals surface area contributed by atoms with Crippen molar-refractivity contribution in [2.24, 2.45) is 5.73 Å². The van der Waals surface area contributed by atoms with E-state index in [0.717, 1.165) is 25.7 Å². The molecule has 0 aromatic carbocycles. The van der Waals surface area contributed by atoms with E-state index in [1.165, 1.54) is 0 Å². The minimum atomic E-state index is -0.424. The summed E-state index contributed by atoms with van der Waals surface area (Å²) in [5.41, 5.74) is 4.96. The summed E-state index contributed by atoms with van der Waals surface area (Å²) in [6.07, 6.45) is 3.83. The lowest BCUT2D eigenvalue weighted by molar-refractivity contribution is -0.137. The van der Waals surface area contributed by atoms with E-state index in [0.29, 0.717) is 0 Å². The maximum Gasteiger partial charge on any atom is 0.244 e. The SMILES string of the molecule is CC1C(=O)NC2(CCCC2)N1C(=O)CN. The van der Waals surface area contributed by atoms with Crippen LogP contribution in [-0.4, -0.2) is 35.0 Å². The van der Waals surface area contributed by atoms with Crippen molar-refractivity contribution in [2.75, 3.05) is 6.54 Å². The number of hydrogen-bond acceptors (Lipinski definition) is 3. The number of carbonyl (C=O) groups is 2. The number of rotatable bonds is 1. The molecule has 15 heavy (non-hydrogen) atoms. The van der Waals surface area contributed by atoms with E-state index in [1.54, 1.807) is 11.8 Å². The van der Waals surface area contributed by atoms with Crippen molar-refractivity contribution in [3.8, 4) is 0 Å². The van der Waals surface area contributed by atoms with E-state index in [1.807, 2.05) is 0 Å². The Morgan fingerprint density at radius 3 is 2.73 bits per heavy atom. The molecule has 0 radical (unpaired) electrons. The predicted octanol–water partition coefficient (Wildman–Crippen LogP) is -0.438. The predicted molar refractivity (Wildman–Crippen MR) is 54.7 cm³/mol. The lowest BCUT2D eigenvalue weighted by Crippen LogP contribution is -2.54. The van der Waals surface area contributed by atoms with E-state index in [9.17, 15) is 9.59 Å². The van der Waals surface area contributed by atoms with Crippen LogP contribution < -0.4 is 11.1 Å². The second kappa shape index (κ2) is 3.48. The van der Waals surface area contributed by atoms with Gasteiger partial charge in [0, 0.05) is 0 Å². The fraction of sp³-hybridized carbons (Fsp3) is 0.800. The summed E-state index contributed by atoms with van der Waals surface area (Å²) in [4.78, 5) is 25.0. The Morgan fingerprint density at radius 1 is 1.60 bits per heavy atom.